The Hall–Kier alpha value is -3.43. The van der Waals surface area contributed by atoms with Crippen LogP contribution in [0.15, 0.2) is 84.9 Å². The van der Waals surface area contributed by atoms with Crippen molar-refractivity contribution >= 4 is 42.5 Å². The number of imidazole rings is 1. The summed E-state index contributed by atoms with van der Waals surface area (Å²) in [6.45, 7) is 9.28. The van der Waals surface area contributed by atoms with Crippen LogP contribution in [0.4, 0.5) is 0 Å². The van der Waals surface area contributed by atoms with Crippen LogP contribution < -0.4 is 0 Å². The third-order valence-corrected chi connectivity index (χ3v) is 7.94. The van der Waals surface area contributed by atoms with E-state index in [1.165, 1.54) is 37.0 Å². The molecular weight excluding hydrogens is 432 g/mol. The van der Waals surface area contributed by atoms with E-state index in [1.807, 2.05) is 11.3 Å². The number of hydrogen-bond donors (Lipinski definition) is 0. The lowest BCUT2D eigenvalue weighted by molar-refractivity contribution is 0.820. The molecule has 6 aromatic rings. The first-order valence-electron chi connectivity index (χ1n) is 12.1. The molecule has 2 aromatic heterocycles. The fourth-order valence-electron chi connectivity index (χ4n) is 5.15. The second kappa shape index (κ2) is 8.11. The van der Waals surface area contributed by atoms with Gasteiger partial charge in [0.05, 0.1) is 16.7 Å². The highest BCUT2D eigenvalue weighted by Crippen LogP contribution is 2.46. The monoisotopic (exact) mass is 460 g/mol. The number of thiophene rings is 1. The summed E-state index contributed by atoms with van der Waals surface area (Å²) >= 11 is 1.92. The van der Waals surface area contributed by atoms with Gasteiger partial charge in [-0.25, -0.2) is 4.98 Å². The number of para-hydroxylation sites is 2. The van der Waals surface area contributed by atoms with E-state index in [4.69, 9.17) is 4.98 Å². The van der Waals surface area contributed by atoms with Gasteiger partial charge in [-0.2, -0.15) is 0 Å². The first-order chi connectivity index (χ1) is 16.5. The smallest absolute Gasteiger partial charge is 0.145 e. The fraction of sp³-hybridized carbons (Fsp3) is 0.194. The van der Waals surface area contributed by atoms with E-state index in [9.17, 15) is 0 Å². The predicted molar refractivity (Wildman–Crippen MR) is 148 cm³/mol. The first kappa shape index (κ1) is 21.1. The molecule has 0 aliphatic rings. The Kier molecular flexibility index (Phi) is 5.04. The molecule has 2 heterocycles. The molecule has 0 spiro atoms. The van der Waals surface area contributed by atoms with Crippen molar-refractivity contribution < 1.29 is 0 Å². The van der Waals surface area contributed by atoms with Gasteiger partial charge in [0.1, 0.15) is 5.82 Å². The van der Waals surface area contributed by atoms with E-state index >= 15 is 0 Å². The van der Waals surface area contributed by atoms with Crippen molar-refractivity contribution in [1.29, 1.82) is 0 Å². The molecule has 34 heavy (non-hydrogen) atoms. The molecule has 0 bridgehead atoms. The molecule has 0 aliphatic carbocycles. The molecule has 0 aliphatic heterocycles. The van der Waals surface area contributed by atoms with Crippen LogP contribution in [0.3, 0.4) is 0 Å². The summed E-state index contributed by atoms with van der Waals surface area (Å²) in [5.41, 5.74) is 7.42. The Labute approximate surface area is 204 Å². The molecule has 0 amide bonds. The second-order valence-electron chi connectivity index (χ2n) is 9.64. The van der Waals surface area contributed by atoms with Crippen LogP contribution in [0.1, 0.15) is 50.7 Å². The number of fused-ring (bicyclic) bond motifs is 4. The van der Waals surface area contributed by atoms with Crippen molar-refractivity contribution in [2.75, 3.05) is 0 Å². The average Bonchev–Trinajstić information content (AvgIpc) is 3.41. The molecule has 0 N–H and O–H groups in total. The molecular formula is C31H28N2S. The van der Waals surface area contributed by atoms with Gasteiger partial charge in [0.25, 0.3) is 0 Å². The third-order valence-electron chi connectivity index (χ3n) is 6.72. The summed E-state index contributed by atoms with van der Waals surface area (Å²) in [4.78, 5) is 5.15. The Morgan fingerprint density at radius 1 is 0.735 bits per heavy atom. The lowest BCUT2D eigenvalue weighted by Gasteiger charge is -2.23. The van der Waals surface area contributed by atoms with Gasteiger partial charge in [0.15, 0.2) is 0 Å². The summed E-state index contributed by atoms with van der Waals surface area (Å²) in [7, 11) is 0. The molecule has 0 radical (unpaired) electrons. The molecule has 0 saturated heterocycles. The molecule has 0 fully saturated rings. The summed E-state index contributed by atoms with van der Waals surface area (Å²) in [5.74, 6) is 1.75. The highest BCUT2D eigenvalue weighted by Gasteiger charge is 2.25. The number of aromatic nitrogens is 2. The van der Waals surface area contributed by atoms with Crippen LogP contribution in [0.5, 0.6) is 0 Å². The molecule has 0 saturated carbocycles. The summed E-state index contributed by atoms with van der Waals surface area (Å²) in [6, 6.07) is 30.4. The van der Waals surface area contributed by atoms with Crippen molar-refractivity contribution in [3.8, 4) is 17.1 Å². The van der Waals surface area contributed by atoms with Gasteiger partial charge in [0.2, 0.25) is 0 Å². The Morgan fingerprint density at radius 2 is 1.44 bits per heavy atom. The highest BCUT2D eigenvalue weighted by molar-refractivity contribution is 7.26. The minimum Gasteiger partial charge on any atom is -0.292 e. The van der Waals surface area contributed by atoms with Crippen LogP contribution >= 0.6 is 11.3 Å². The van der Waals surface area contributed by atoms with Crippen LogP contribution in [0.25, 0.3) is 48.3 Å². The summed E-state index contributed by atoms with van der Waals surface area (Å²) in [5, 5.41) is 2.74. The van der Waals surface area contributed by atoms with Crippen LogP contribution in [-0.4, -0.2) is 9.55 Å². The van der Waals surface area contributed by atoms with Gasteiger partial charge in [-0.15, -0.1) is 11.3 Å². The molecule has 0 unspecified atom stereocenters. The van der Waals surface area contributed by atoms with Crippen LogP contribution in [-0.2, 0) is 0 Å². The second-order valence-corrected chi connectivity index (χ2v) is 10.7. The molecule has 0 atom stereocenters. The quantitative estimate of drug-likeness (QED) is 0.256. The van der Waals surface area contributed by atoms with E-state index in [2.05, 4.69) is 117 Å². The maximum Gasteiger partial charge on any atom is 0.145 e. The summed E-state index contributed by atoms with van der Waals surface area (Å²) < 4.78 is 5.18. The fourth-order valence-corrected chi connectivity index (χ4v) is 6.53. The maximum absolute atomic E-state index is 5.15. The maximum atomic E-state index is 5.15. The number of nitrogens with zero attached hydrogens (tertiary/aromatic N) is 2. The van der Waals surface area contributed by atoms with E-state index in [0.29, 0.717) is 11.8 Å². The molecule has 6 rings (SSSR count). The van der Waals surface area contributed by atoms with Gasteiger partial charge < -0.3 is 0 Å². The zero-order chi connectivity index (χ0) is 23.4. The van der Waals surface area contributed by atoms with E-state index in [0.717, 1.165) is 22.4 Å². The normalized spacial score (nSPS) is 12.1. The van der Waals surface area contributed by atoms with Crippen molar-refractivity contribution in [2.45, 2.75) is 39.5 Å². The minimum absolute atomic E-state index is 0.369. The Bertz CT molecular complexity index is 1650. The topological polar surface area (TPSA) is 17.8 Å². The van der Waals surface area contributed by atoms with Gasteiger partial charge in [-0.3, -0.25) is 4.57 Å². The predicted octanol–water partition coefficient (Wildman–Crippen LogP) is 9.31. The third kappa shape index (κ3) is 3.19. The largest absolute Gasteiger partial charge is 0.292 e. The molecule has 3 heteroatoms. The number of benzene rings is 4. The molecule has 168 valence electrons. The lowest BCUT2D eigenvalue weighted by Crippen LogP contribution is -2.09. The highest BCUT2D eigenvalue weighted by atomic mass is 32.1. The van der Waals surface area contributed by atoms with Crippen LogP contribution in [0, 0.1) is 0 Å². The minimum atomic E-state index is 0.369. The van der Waals surface area contributed by atoms with Crippen LogP contribution in [0.2, 0.25) is 0 Å². The van der Waals surface area contributed by atoms with Crippen molar-refractivity contribution in [2.24, 2.45) is 0 Å². The van der Waals surface area contributed by atoms with Crippen molar-refractivity contribution in [3.05, 3.63) is 96.1 Å². The lowest BCUT2D eigenvalue weighted by atomic mass is 9.90. The van der Waals surface area contributed by atoms with E-state index in [1.54, 1.807) is 0 Å². The van der Waals surface area contributed by atoms with E-state index < -0.39 is 0 Å². The molecule has 2 nitrogen and oxygen atoms in total. The zero-order valence-electron chi connectivity index (χ0n) is 20.0. The molecule has 4 aromatic carbocycles. The van der Waals surface area contributed by atoms with E-state index in [-0.39, 0.29) is 0 Å². The Balaban J connectivity index is 1.83. The summed E-state index contributed by atoms with van der Waals surface area (Å²) in [6.07, 6.45) is 0. The Morgan fingerprint density at radius 3 is 2.21 bits per heavy atom. The standard InChI is InChI=1S/C31H28N2S/c1-19(2)23-18-24-22-14-8-11-17-27(22)34-30(24)28(20(3)4)29(23)33-26-16-10-9-15-25(26)32-31(33)21-12-6-5-7-13-21/h5-20H,1-4H3. The van der Waals surface area contributed by atoms with Gasteiger partial charge in [-0.05, 0) is 47.2 Å². The first-order valence-corrected chi connectivity index (χ1v) is 12.9. The van der Waals surface area contributed by atoms with Gasteiger partial charge in [-0.1, -0.05) is 88.4 Å². The average molecular weight is 461 g/mol. The van der Waals surface area contributed by atoms with Crippen molar-refractivity contribution in [3.63, 3.8) is 0 Å². The van der Waals surface area contributed by atoms with Gasteiger partial charge in [0, 0.05) is 25.7 Å². The zero-order valence-corrected chi connectivity index (χ0v) is 20.9. The van der Waals surface area contributed by atoms with Gasteiger partial charge >= 0.3 is 0 Å². The van der Waals surface area contributed by atoms with Crippen molar-refractivity contribution in [1.82, 2.24) is 9.55 Å². The number of rotatable bonds is 4. The SMILES string of the molecule is CC(C)c1cc2c(sc3ccccc32)c(C(C)C)c1-n1c(-c2ccccc2)nc2ccccc21. The number of hydrogen-bond acceptors (Lipinski definition) is 2.